The van der Waals surface area contributed by atoms with Crippen molar-refractivity contribution in [2.45, 2.75) is 0 Å². The first-order valence-corrected chi connectivity index (χ1v) is 4.91. The quantitative estimate of drug-likeness (QED) is 0.772. The van der Waals surface area contributed by atoms with Gasteiger partial charge < -0.3 is 15.8 Å². The Hall–Kier alpha value is -2.23. The first-order chi connectivity index (χ1) is 7.79. The van der Waals surface area contributed by atoms with Crippen LogP contribution < -0.4 is 15.8 Å². The molecule has 0 aliphatic rings. The lowest BCUT2D eigenvalue weighted by atomic mass is 10.3. The Morgan fingerprint density at radius 2 is 2.12 bits per heavy atom. The van der Waals surface area contributed by atoms with Gasteiger partial charge in [0, 0.05) is 17.6 Å². The molecule has 0 radical (unpaired) electrons. The molecule has 2 rings (SSSR count). The first-order valence-electron chi connectivity index (χ1n) is 4.91. The van der Waals surface area contributed by atoms with E-state index in [4.69, 9.17) is 10.5 Å². The molecule has 0 saturated heterocycles. The van der Waals surface area contributed by atoms with E-state index in [1.54, 1.807) is 13.3 Å². The molecule has 1 heterocycles. The standard InChI is InChI=1S/C12H13N3O/c1-16-11-6-3-7-14-12(11)15-10-5-2-4-9(13)8-10/h2-8H,13H2,1H3,(H,14,15). The maximum absolute atomic E-state index is 5.69. The van der Waals surface area contributed by atoms with Crippen LogP contribution in [0.4, 0.5) is 17.2 Å². The number of rotatable bonds is 3. The van der Waals surface area contributed by atoms with E-state index in [0.29, 0.717) is 17.3 Å². The number of benzene rings is 1. The van der Waals surface area contributed by atoms with E-state index in [2.05, 4.69) is 10.3 Å². The molecule has 1 aromatic carbocycles. The van der Waals surface area contributed by atoms with Crippen molar-refractivity contribution < 1.29 is 4.74 Å². The molecule has 4 nitrogen and oxygen atoms in total. The monoisotopic (exact) mass is 215 g/mol. The highest BCUT2D eigenvalue weighted by Gasteiger charge is 2.03. The van der Waals surface area contributed by atoms with Crippen LogP contribution in [0, 0.1) is 0 Å². The molecule has 0 atom stereocenters. The summed E-state index contributed by atoms with van der Waals surface area (Å²) in [5.41, 5.74) is 7.29. The molecule has 0 spiro atoms. The van der Waals surface area contributed by atoms with Crippen LogP contribution in [0.25, 0.3) is 0 Å². The normalized spacial score (nSPS) is 9.81. The number of ether oxygens (including phenoxy) is 1. The predicted octanol–water partition coefficient (Wildman–Crippen LogP) is 2.42. The molecular formula is C12H13N3O. The molecule has 4 heteroatoms. The average molecular weight is 215 g/mol. The van der Waals surface area contributed by atoms with Gasteiger partial charge in [0.2, 0.25) is 0 Å². The first kappa shape index (κ1) is 10.3. The van der Waals surface area contributed by atoms with E-state index in [0.717, 1.165) is 5.69 Å². The van der Waals surface area contributed by atoms with Gasteiger partial charge in [-0.3, -0.25) is 0 Å². The predicted molar refractivity (Wildman–Crippen MR) is 64.9 cm³/mol. The summed E-state index contributed by atoms with van der Waals surface area (Å²) in [5, 5.41) is 3.15. The van der Waals surface area contributed by atoms with Gasteiger partial charge in [0.15, 0.2) is 11.6 Å². The van der Waals surface area contributed by atoms with E-state index in [9.17, 15) is 0 Å². The molecule has 3 N–H and O–H groups in total. The number of nitrogens with zero attached hydrogens (tertiary/aromatic N) is 1. The zero-order valence-electron chi connectivity index (χ0n) is 8.97. The lowest BCUT2D eigenvalue weighted by Gasteiger charge is -2.09. The average Bonchev–Trinajstić information content (AvgIpc) is 2.30. The fraction of sp³-hybridized carbons (Fsp3) is 0.0833. The third-order valence-electron chi connectivity index (χ3n) is 2.14. The van der Waals surface area contributed by atoms with Gasteiger partial charge in [-0.05, 0) is 30.3 Å². The highest BCUT2D eigenvalue weighted by Crippen LogP contribution is 2.24. The van der Waals surface area contributed by atoms with E-state index in [1.807, 2.05) is 36.4 Å². The van der Waals surface area contributed by atoms with Crippen molar-refractivity contribution in [1.29, 1.82) is 0 Å². The summed E-state index contributed by atoms with van der Waals surface area (Å²) in [6, 6.07) is 11.2. The maximum atomic E-state index is 5.69. The summed E-state index contributed by atoms with van der Waals surface area (Å²) in [4.78, 5) is 4.20. The van der Waals surface area contributed by atoms with Crippen LogP contribution in [-0.2, 0) is 0 Å². The Bertz CT molecular complexity index is 485. The van der Waals surface area contributed by atoms with Crippen LogP contribution in [0.15, 0.2) is 42.6 Å². The van der Waals surface area contributed by atoms with Gasteiger partial charge in [-0.15, -0.1) is 0 Å². The second-order valence-electron chi connectivity index (χ2n) is 3.30. The number of hydrogen-bond acceptors (Lipinski definition) is 4. The zero-order chi connectivity index (χ0) is 11.4. The highest BCUT2D eigenvalue weighted by molar-refractivity contribution is 5.65. The molecule has 0 aliphatic carbocycles. The summed E-state index contributed by atoms with van der Waals surface area (Å²) >= 11 is 0. The van der Waals surface area contributed by atoms with Crippen molar-refractivity contribution in [3.05, 3.63) is 42.6 Å². The van der Waals surface area contributed by atoms with Crippen LogP contribution >= 0.6 is 0 Å². The smallest absolute Gasteiger partial charge is 0.173 e. The summed E-state index contributed by atoms with van der Waals surface area (Å²) in [6.45, 7) is 0. The van der Waals surface area contributed by atoms with E-state index >= 15 is 0 Å². The van der Waals surface area contributed by atoms with Gasteiger partial charge >= 0.3 is 0 Å². The number of nitrogens with two attached hydrogens (primary N) is 1. The Balaban J connectivity index is 2.26. The largest absolute Gasteiger partial charge is 0.493 e. The zero-order valence-corrected chi connectivity index (χ0v) is 8.97. The van der Waals surface area contributed by atoms with Crippen LogP contribution in [0.5, 0.6) is 5.75 Å². The Morgan fingerprint density at radius 3 is 2.88 bits per heavy atom. The summed E-state index contributed by atoms with van der Waals surface area (Å²) in [6.07, 6.45) is 1.71. The Labute approximate surface area is 94.1 Å². The molecule has 1 aromatic heterocycles. The molecule has 0 unspecified atom stereocenters. The Kier molecular flexibility index (Phi) is 2.91. The van der Waals surface area contributed by atoms with Crippen molar-refractivity contribution in [2.75, 3.05) is 18.2 Å². The van der Waals surface area contributed by atoms with E-state index in [1.165, 1.54) is 0 Å². The SMILES string of the molecule is COc1cccnc1Nc1cccc(N)c1. The highest BCUT2D eigenvalue weighted by atomic mass is 16.5. The fourth-order valence-corrected chi connectivity index (χ4v) is 1.40. The van der Waals surface area contributed by atoms with Crippen molar-refractivity contribution in [2.24, 2.45) is 0 Å². The molecule has 82 valence electrons. The van der Waals surface area contributed by atoms with Gasteiger partial charge in [-0.25, -0.2) is 4.98 Å². The van der Waals surface area contributed by atoms with Gasteiger partial charge in [-0.2, -0.15) is 0 Å². The van der Waals surface area contributed by atoms with Crippen LogP contribution in [-0.4, -0.2) is 12.1 Å². The molecule has 0 amide bonds. The minimum absolute atomic E-state index is 0.676. The number of nitrogen functional groups attached to an aromatic ring is 1. The lowest BCUT2D eigenvalue weighted by Crippen LogP contribution is -1.97. The molecule has 16 heavy (non-hydrogen) atoms. The molecule has 2 aromatic rings. The number of pyridine rings is 1. The molecule has 0 fully saturated rings. The number of aromatic nitrogens is 1. The second-order valence-corrected chi connectivity index (χ2v) is 3.30. The van der Waals surface area contributed by atoms with Crippen LogP contribution in [0.3, 0.4) is 0 Å². The van der Waals surface area contributed by atoms with Crippen molar-refractivity contribution in [3.8, 4) is 5.75 Å². The van der Waals surface area contributed by atoms with Gasteiger partial charge in [0.1, 0.15) is 0 Å². The van der Waals surface area contributed by atoms with E-state index < -0.39 is 0 Å². The van der Waals surface area contributed by atoms with Gasteiger partial charge in [0.05, 0.1) is 7.11 Å². The van der Waals surface area contributed by atoms with Crippen molar-refractivity contribution in [3.63, 3.8) is 0 Å². The molecule has 0 bridgehead atoms. The molecule has 0 aliphatic heterocycles. The third kappa shape index (κ3) is 2.23. The van der Waals surface area contributed by atoms with Gasteiger partial charge in [-0.1, -0.05) is 6.07 Å². The number of nitrogens with one attached hydrogen (secondary N) is 1. The fourth-order valence-electron chi connectivity index (χ4n) is 1.40. The minimum Gasteiger partial charge on any atom is -0.493 e. The topological polar surface area (TPSA) is 60.2 Å². The van der Waals surface area contributed by atoms with Crippen molar-refractivity contribution >= 4 is 17.2 Å². The Morgan fingerprint density at radius 1 is 1.25 bits per heavy atom. The maximum Gasteiger partial charge on any atom is 0.173 e. The molecule has 0 saturated carbocycles. The summed E-state index contributed by atoms with van der Waals surface area (Å²) in [7, 11) is 1.61. The van der Waals surface area contributed by atoms with Crippen molar-refractivity contribution in [1.82, 2.24) is 4.98 Å². The van der Waals surface area contributed by atoms with Gasteiger partial charge in [0.25, 0.3) is 0 Å². The number of hydrogen-bond donors (Lipinski definition) is 2. The third-order valence-corrected chi connectivity index (χ3v) is 2.14. The van der Waals surface area contributed by atoms with Crippen LogP contribution in [0.2, 0.25) is 0 Å². The van der Waals surface area contributed by atoms with Crippen LogP contribution in [0.1, 0.15) is 0 Å². The number of methoxy groups -OCH3 is 1. The second kappa shape index (κ2) is 4.53. The lowest BCUT2D eigenvalue weighted by molar-refractivity contribution is 0.415. The van der Waals surface area contributed by atoms with E-state index in [-0.39, 0.29) is 0 Å². The number of anilines is 3. The summed E-state index contributed by atoms with van der Waals surface area (Å²) < 4.78 is 5.19. The molecular weight excluding hydrogens is 202 g/mol. The minimum atomic E-state index is 0.676. The summed E-state index contributed by atoms with van der Waals surface area (Å²) in [5.74, 6) is 1.38.